The van der Waals surface area contributed by atoms with Crippen LogP contribution < -0.4 is 5.32 Å². The number of fused-ring (bicyclic) bond motifs is 1. The van der Waals surface area contributed by atoms with E-state index in [0.29, 0.717) is 25.1 Å². The van der Waals surface area contributed by atoms with Gasteiger partial charge < -0.3 is 15.4 Å². The Morgan fingerprint density at radius 3 is 2.84 bits per heavy atom. The highest BCUT2D eigenvalue weighted by Crippen LogP contribution is 2.29. The number of alkyl halides is 3. The van der Waals surface area contributed by atoms with Crippen molar-refractivity contribution in [1.29, 1.82) is 0 Å². The maximum Gasteiger partial charge on any atom is 0.449 e. The summed E-state index contributed by atoms with van der Waals surface area (Å²) in [6.07, 6.45) is -3.39. The fourth-order valence-electron chi connectivity index (χ4n) is 2.90. The third-order valence-electron chi connectivity index (χ3n) is 4.03. The summed E-state index contributed by atoms with van der Waals surface area (Å²) in [5.41, 5.74) is 0.589. The van der Waals surface area contributed by atoms with Crippen LogP contribution in [0.4, 0.5) is 18.9 Å². The van der Waals surface area contributed by atoms with Gasteiger partial charge >= 0.3 is 12.1 Å². The molecule has 0 unspecified atom stereocenters. The van der Waals surface area contributed by atoms with Crippen molar-refractivity contribution in [2.45, 2.75) is 25.1 Å². The molecule has 25 heavy (non-hydrogen) atoms. The molecule has 0 aliphatic carbocycles. The zero-order valence-corrected chi connectivity index (χ0v) is 12.9. The van der Waals surface area contributed by atoms with Crippen LogP contribution in [0.3, 0.4) is 0 Å². The van der Waals surface area contributed by atoms with Crippen LogP contribution in [0, 0.1) is 0 Å². The van der Waals surface area contributed by atoms with Gasteiger partial charge in [-0.15, -0.1) is 0 Å². The third-order valence-corrected chi connectivity index (χ3v) is 4.03. The van der Waals surface area contributed by atoms with Crippen molar-refractivity contribution in [1.82, 2.24) is 14.9 Å². The molecule has 2 aromatic rings. The number of hydrogen-bond acceptors (Lipinski definition) is 4. The number of imidazole rings is 1. The van der Waals surface area contributed by atoms with Gasteiger partial charge in [0, 0.05) is 5.69 Å². The lowest BCUT2D eigenvalue weighted by molar-refractivity contribution is -0.144. The summed E-state index contributed by atoms with van der Waals surface area (Å²) in [6, 6.07) is 3.48. The summed E-state index contributed by atoms with van der Waals surface area (Å²) in [5, 5.41) is 11.7. The molecule has 0 bridgehead atoms. The number of carboxylic acid groups (broad SMARTS) is 1. The van der Waals surface area contributed by atoms with Crippen molar-refractivity contribution >= 4 is 28.6 Å². The zero-order valence-electron chi connectivity index (χ0n) is 12.9. The minimum Gasteiger partial charge on any atom is -0.480 e. The molecule has 10 heteroatoms. The number of aliphatic carboxylic acids is 1. The molecule has 0 saturated carbocycles. The molecule has 1 aliphatic rings. The lowest BCUT2D eigenvalue weighted by atomic mass is 10.2. The number of anilines is 1. The number of amides is 1. The Hall–Kier alpha value is -2.62. The van der Waals surface area contributed by atoms with Gasteiger partial charge in [0.25, 0.3) is 0 Å². The van der Waals surface area contributed by atoms with Crippen LogP contribution in [-0.4, -0.2) is 51.0 Å². The fourth-order valence-corrected chi connectivity index (χ4v) is 2.90. The molecule has 2 heterocycles. The van der Waals surface area contributed by atoms with Crippen LogP contribution >= 0.6 is 0 Å². The predicted molar refractivity (Wildman–Crippen MR) is 82.0 cm³/mol. The highest BCUT2D eigenvalue weighted by molar-refractivity contribution is 5.94. The van der Waals surface area contributed by atoms with Crippen LogP contribution in [0.5, 0.6) is 0 Å². The largest absolute Gasteiger partial charge is 0.480 e. The van der Waals surface area contributed by atoms with E-state index in [2.05, 4.69) is 15.3 Å². The molecule has 134 valence electrons. The molecular formula is C15H15F3N4O3. The summed E-state index contributed by atoms with van der Waals surface area (Å²) in [6.45, 7) is 0.421. The lowest BCUT2D eigenvalue weighted by Crippen LogP contribution is -2.40. The average molecular weight is 356 g/mol. The number of nitrogens with zero attached hydrogens (tertiary/aromatic N) is 2. The van der Waals surface area contributed by atoms with E-state index in [0.717, 1.165) is 0 Å². The number of likely N-dealkylation sites (tertiary alicyclic amines) is 1. The Morgan fingerprint density at radius 2 is 2.16 bits per heavy atom. The number of carbonyl (C=O) groups is 2. The van der Waals surface area contributed by atoms with E-state index in [-0.39, 0.29) is 17.6 Å². The summed E-state index contributed by atoms with van der Waals surface area (Å²) in [5.74, 6) is -2.50. The lowest BCUT2D eigenvalue weighted by Gasteiger charge is -2.20. The smallest absolute Gasteiger partial charge is 0.449 e. The SMILES string of the molecule is O=C(CN1CCC[C@H]1C(=O)O)Nc1ccc2nc(C(F)(F)F)[nH]c2c1. The Bertz CT molecular complexity index is 818. The minimum absolute atomic E-state index is 0.0915. The maximum absolute atomic E-state index is 12.6. The Labute approximate surface area is 139 Å². The highest BCUT2D eigenvalue weighted by atomic mass is 19.4. The molecule has 1 saturated heterocycles. The second kappa shape index (κ2) is 6.36. The monoisotopic (exact) mass is 356 g/mol. The van der Waals surface area contributed by atoms with E-state index in [4.69, 9.17) is 5.11 Å². The van der Waals surface area contributed by atoms with Gasteiger partial charge in [0.15, 0.2) is 0 Å². The molecule has 0 radical (unpaired) electrons. The van der Waals surface area contributed by atoms with Gasteiger partial charge in [-0.25, -0.2) is 4.98 Å². The number of halogens is 3. The number of nitrogens with one attached hydrogen (secondary N) is 2. The molecule has 7 nitrogen and oxygen atoms in total. The fraction of sp³-hybridized carbons (Fsp3) is 0.400. The first-order chi connectivity index (χ1) is 11.7. The average Bonchev–Trinajstić information content (AvgIpc) is 3.12. The van der Waals surface area contributed by atoms with E-state index >= 15 is 0 Å². The van der Waals surface area contributed by atoms with Gasteiger partial charge in [0.2, 0.25) is 11.7 Å². The highest BCUT2D eigenvalue weighted by Gasteiger charge is 2.35. The summed E-state index contributed by atoms with van der Waals surface area (Å²) < 4.78 is 37.9. The summed E-state index contributed by atoms with van der Waals surface area (Å²) >= 11 is 0. The van der Waals surface area contributed by atoms with Crippen molar-refractivity contribution in [2.75, 3.05) is 18.4 Å². The number of aromatic amines is 1. The third kappa shape index (κ3) is 3.73. The van der Waals surface area contributed by atoms with E-state index in [1.54, 1.807) is 4.90 Å². The van der Waals surface area contributed by atoms with Gasteiger partial charge in [0.05, 0.1) is 17.6 Å². The number of rotatable bonds is 4. The first kappa shape index (κ1) is 17.2. The maximum atomic E-state index is 12.6. The number of carbonyl (C=O) groups excluding carboxylic acids is 1. The van der Waals surface area contributed by atoms with Crippen molar-refractivity contribution in [3.8, 4) is 0 Å². The van der Waals surface area contributed by atoms with E-state index in [1.807, 2.05) is 0 Å². The number of benzene rings is 1. The standard InChI is InChI=1S/C15H15F3N4O3/c16-15(17,18)14-20-9-4-3-8(6-10(9)21-14)19-12(23)7-22-5-1-2-11(22)13(24)25/h3-4,6,11H,1-2,5,7H2,(H,19,23)(H,20,21)(H,24,25)/t11-/m0/s1. The first-order valence-electron chi connectivity index (χ1n) is 7.58. The second-order valence-electron chi connectivity index (χ2n) is 5.83. The number of hydrogen-bond donors (Lipinski definition) is 3. The molecule has 0 spiro atoms. The molecule has 1 atom stereocenters. The van der Waals surface area contributed by atoms with Gasteiger partial charge in [-0.05, 0) is 37.6 Å². The number of aromatic nitrogens is 2. The second-order valence-corrected chi connectivity index (χ2v) is 5.83. The van der Waals surface area contributed by atoms with Gasteiger partial charge in [-0.2, -0.15) is 13.2 Å². The molecule has 3 N–H and O–H groups in total. The summed E-state index contributed by atoms with van der Waals surface area (Å²) in [4.78, 5) is 30.4. The molecule has 1 amide bonds. The van der Waals surface area contributed by atoms with Crippen LogP contribution in [-0.2, 0) is 15.8 Å². The van der Waals surface area contributed by atoms with Gasteiger partial charge in [0.1, 0.15) is 6.04 Å². The minimum atomic E-state index is -4.58. The topological polar surface area (TPSA) is 98.3 Å². The van der Waals surface area contributed by atoms with E-state index < -0.39 is 29.9 Å². The Morgan fingerprint density at radius 1 is 1.40 bits per heavy atom. The van der Waals surface area contributed by atoms with E-state index in [1.165, 1.54) is 18.2 Å². The van der Waals surface area contributed by atoms with Crippen LogP contribution in [0.1, 0.15) is 18.7 Å². The Kier molecular flexibility index (Phi) is 4.38. The molecule has 3 rings (SSSR count). The number of H-pyrrole nitrogens is 1. The van der Waals surface area contributed by atoms with Gasteiger partial charge in [-0.3, -0.25) is 14.5 Å². The summed E-state index contributed by atoms with van der Waals surface area (Å²) in [7, 11) is 0. The van der Waals surface area contributed by atoms with Crippen molar-refractivity contribution in [2.24, 2.45) is 0 Å². The Balaban J connectivity index is 1.70. The van der Waals surface area contributed by atoms with Crippen LogP contribution in [0.2, 0.25) is 0 Å². The molecular weight excluding hydrogens is 341 g/mol. The van der Waals surface area contributed by atoms with Crippen molar-refractivity contribution < 1.29 is 27.9 Å². The van der Waals surface area contributed by atoms with Crippen molar-refractivity contribution in [3.63, 3.8) is 0 Å². The molecule has 1 fully saturated rings. The van der Waals surface area contributed by atoms with Crippen LogP contribution in [0.15, 0.2) is 18.2 Å². The zero-order chi connectivity index (χ0) is 18.2. The van der Waals surface area contributed by atoms with Gasteiger partial charge in [-0.1, -0.05) is 0 Å². The van der Waals surface area contributed by atoms with Crippen molar-refractivity contribution in [3.05, 3.63) is 24.0 Å². The number of carboxylic acids is 1. The normalized spacial score (nSPS) is 18.6. The molecule has 1 aliphatic heterocycles. The van der Waals surface area contributed by atoms with Crippen LogP contribution in [0.25, 0.3) is 11.0 Å². The molecule has 1 aromatic heterocycles. The quantitative estimate of drug-likeness (QED) is 0.779. The first-order valence-corrected chi connectivity index (χ1v) is 7.58. The molecule has 1 aromatic carbocycles. The van der Waals surface area contributed by atoms with E-state index in [9.17, 15) is 22.8 Å². The predicted octanol–water partition coefficient (Wildman–Crippen LogP) is 2.07.